The van der Waals surface area contributed by atoms with E-state index in [1.807, 2.05) is 7.11 Å². The third-order valence-corrected chi connectivity index (χ3v) is 5.37. The van der Waals surface area contributed by atoms with Gasteiger partial charge in [0.25, 0.3) is 0 Å². The Labute approximate surface area is 110 Å². The molecule has 0 radical (unpaired) electrons. The van der Waals surface area contributed by atoms with Crippen LogP contribution in [-0.4, -0.2) is 67.8 Å². The second-order valence-corrected chi connectivity index (χ2v) is 6.21. The van der Waals surface area contributed by atoms with Crippen LogP contribution in [0.3, 0.4) is 0 Å². The molecule has 4 nitrogen and oxygen atoms in total. The minimum Gasteiger partial charge on any atom is -0.381 e. The topological polar surface area (TPSA) is 41.7 Å². The smallest absolute Gasteiger partial charge is 0.0599 e. The molecule has 0 aromatic carbocycles. The Bertz CT molecular complexity index is 278. The number of hydrogen-bond acceptors (Lipinski definition) is 4. The van der Waals surface area contributed by atoms with Gasteiger partial charge in [-0.25, -0.2) is 0 Å². The van der Waals surface area contributed by atoms with E-state index in [-0.39, 0.29) is 0 Å². The summed E-state index contributed by atoms with van der Waals surface area (Å²) in [5, 5.41) is 0. The van der Waals surface area contributed by atoms with E-state index in [0.29, 0.717) is 12.1 Å². The second kappa shape index (κ2) is 5.45. The second-order valence-electron chi connectivity index (χ2n) is 6.21. The first kappa shape index (κ1) is 12.9. The molecular formula is C14H27N3O. The first-order valence-corrected chi connectivity index (χ1v) is 7.52. The lowest BCUT2D eigenvalue weighted by Gasteiger charge is -2.53. The van der Waals surface area contributed by atoms with Gasteiger partial charge in [0.2, 0.25) is 0 Å². The number of hydrogen-bond donors (Lipinski definition) is 1. The molecule has 4 saturated heterocycles. The zero-order valence-corrected chi connectivity index (χ0v) is 11.6. The van der Waals surface area contributed by atoms with E-state index in [2.05, 4.69) is 9.80 Å². The van der Waals surface area contributed by atoms with E-state index in [4.69, 9.17) is 10.5 Å². The fraction of sp³-hybridized carbons (Fsp3) is 1.00. The highest BCUT2D eigenvalue weighted by atomic mass is 16.5. The fourth-order valence-electron chi connectivity index (χ4n) is 4.22. The Balaban J connectivity index is 1.67. The zero-order chi connectivity index (χ0) is 12.5. The predicted molar refractivity (Wildman–Crippen MR) is 72.5 cm³/mol. The number of likely N-dealkylation sites (tertiary alicyclic amines) is 1. The van der Waals surface area contributed by atoms with Gasteiger partial charge in [-0.05, 0) is 44.7 Å². The summed E-state index contributed by atoms with van der Waals surface area (Å²) in [6.07, 6.45) is 5.51. The summed E-state index contributed by atoms with van der Waals surface area (Å²) in [5.74, 6) is 0.920. The van der Waals surface area contributed by atoms with Gasteiger partial charge < -0.3 is 15.4 Å². The number of nitrogens with two attached hydrogens (primary N) is 1. The van der Waals surface area contributed by atoms with Crippen LogP contribution in [0.15, 0.2) is 0 Å². The summed E-state index contributed by atoms with van der Waals surface area (Å²) in [6, 6.07) is 1.30. The Morgan fingerprint density at radius 1 is 1.17 bits per heavy atom. The van der Waals surface area contributed by atoms with Crippen LogP contribution in [0.1, 0.15) is 25.7 Å². The van der Waals surface area contributed by atoms with Crippen LogP contribution < -0.4 is 5.73 Å². The minimum absolute atomic E-state index is 0.427. The summed E-state index contributed by atoms with van der Waals surface area (Å²) in [6.45, 7) is 5.88. The lowest BCUT2D eigenvalue weighted by Crippen LogP contribution is -2.62. The van der Waals surface area contributed by atoms with E-state index in [0.717, 1.165) is 24.9 Å². The van der Waals surface area contributed by atoms with Gasteiger partial charge in [0.15, 0.2) is 0 Å². The van der Waals surface area contributed by atoms with E-state index in [9.17, 15) is 0 Å². The SMILES string of the molecule is COC1CCN(C2CN3CCC2CC3)C(CN)C1. The number of fused-ring (bicyclic) bond motifs is 3. The third kappa shape index (κ3) is 2.31. The van der Waals surface area contributed by atoms with E-state index >= 15 is 0 Å². The molecule has 0 saturated carbocycles. The van der Waals surface area contributed by atoms with Gasteiger partial charge in [0.1, 0.15) is 0 Å². The molecule has 0 amide bonds. The summed E-state index contributed by atoms with van der Waals surface area (Å²) in [4.78, 5) is 5.35. The number of ether oxygens (including phenoxy) is 1. The highest BCUT2D eigenvalue weighted by Crippen LogP contribution is 2.34. The molecule has 4 rings (SSSR count). The van der Waals surface area contributed by atoms with E-state index in [1.165, 1.54) is 45.4 Å². The number of methoxy groups -OCH3 is 1. The molecule has 4 aliphatic rings. The van der Waals surface area contributed by atoms with Gasteiger partial charge in [-0.1, -0.05) is 0 Å². The van der Waals surface area contributed by atoms with Crippen molar-refractivity contribution in [3.63, 3.8) is 0 Å². The molecule has 3 atom stereocenters. The lowest BCUT2D eigenvalue weighted by atomic mass is 9.81. The Morgan fingerprint density at radius 2 is 1.94 bits per heavy atom. The van der Waals surface area contributed by atoms with Crippen LogP contribution in [-0.2, 0) is 4.74 Å². The maximum absolute atomic E-state index is 6.00. The summed E-state index contributed by atoms with van der Waals surface area (Å²) < 4.78 is 5.53. The number of nitrogens with zero attached hydrogens (tertiary/aromatic N) is 2. The fourth-order valence-corrected chi connectivity index (χ4v) is 4.22. The minimum atomic E-state index is 0.427. The predicted octanol–water partition coefficient (Wildman–Crippen LogP) is 0.519. The van der Waals surface area contributed by atoms with Crippen molar-refractivity contribution in [1.82, 2.24) is 9.80 Å². The molecule has 0 spiro atoms. The Kier molecular flexibility index (Phi) is 3.89. The van der Waals surface area contributed by atoms with Crippen LogP contribution in [0, 0.1) is 5.92 Å². The normalized spacial score (nSPS) is 45.3. The Morgan fingerprint density at radius 3 is 2.50 bits per heavy atom. The van der Waals surface area contributed by atoms with Crippen LogP contribution in [0.25, 0.3) is 0 Å². The molecule has 0 aromatic rings. The first-order chi connectivity index (χ1) is 8.81. The van der Waals surface area contributed by atoms with Crippen molar-refractivity contribution in [2.75, 3.05) is 39.8 Å². The maximum atomic E-state index is 6.00. The standard InChI is InChI=1S/C14H27N3O/c1-18-13-4-7-17(12(8-13)9-15)14-10-16-5-2-11(14)3-6-16/h11-14H,2-10,15H2,1H3. The van der Waals surface area contributed by atoms with Crippen molar-refractivity contribution in [1.29, 1.82) is 0 Å². The molecular weight excluding hydrogens is 226 g/mol. The summed E-state index contributed by atoms with van der Waals surface area (Å²) in [7, 11) is 1.84. The van der Waals surface area contributed by atoms with Crippen molar-refractivity contribution >= 4 is 0 Å². The van der Waals surface area contributed by atoms with E-state index in [1.54, 1.807) is 0 Å². The van der Waals surface area contributed by atoms with Gasteiger partial charge in [-0.2, -0.15) is 0 Å². The average Bonchev–Trinajstić information content (AvgIpc) is 2.47. The molecule has 0 aromatic heterocycles. The zero-order valence-electron chi connectivity index (χ0n) is 11.6. The number of rotatable bonds is 3. The summed E-state index contributed by atoms with van der Waals surface area (Å²) >= 11 is 0. The van der Waals surface area contributed by atoms with Crippen LogP contribution in [0.2, 0.25) is 0 Å². The average molecular weight is 253 g/mol. The van der Waals surface area contributed by atoms with Gasteiger partial charge >= 0.3 is 0 Å². The lowest BCUT2D eigenvalue weighted by molar-refractivity contribution is -0.0556. The third-order valence-electron chi connectivity index (χ3n) is 5.37. The number of piperidine rings is 4. The van der Waals surface area contributed by atoms with Crippen molar-refractivity contribution in [3.8, 4) is 0 Å². The highest BCUT2D eigenvalue weighted by molar-refractivity contribution is 4.96. The molecule has 2 N–H and O–H groups in total. The molecule has 4 heterocycles. The van der Waals surface area contributed by atoms with Crippen molar-refractivity contribution in [2.45, 2.75) is 43.9 Å². The van der Waals surface area contributed by atoms with Crippen molar-refractivity contribution < 1.29 is 4.74 Å². The maximum Gasteiger partial charge on any atom is 0.0599 e. The molecule has 104 valence electrons. The first-order valence-electron chi connectivity index (χ1n) is 7.52. The van der Waals surface area contributed by atoms with Crippen LogP contribution in [0.4, 0.5) is 0 Å². The van der Waals surface area contributed by atoms with E-state index < -0.39 is 0 Å². The van der Waals surface area contributed by atoms with Crippen molar-refractivity contribution in [2.24, 2.45) is 11.7 Å². The monoisotopic (exact) mass is 253 g/mol. The molecule has 0 aliphatic carbocycles. The molecule has 4 fully saturated rings. The molecule has 2 bridgehead atoms. The Hall–Kier alpha value is -0.160. The largest absolute Gasteiger partial charge is 0.381 e. The molecule has 3 unspecified atom stereocenters. The van der Waals surface area contributed by atoms with Gasteiger partial charge in [0.05, 0.1) is 6.10 Å². The van der Waals surface area contributed by atoms with Crippen LogP contribution in [0.5, 0.6) is 0 Å². The van der Waals surface area contributed by atoms with Gasteiger partial charge in [0, 0.05) is 38.8 Å². The highest BCUT2D eigenvalue weighted by Gasteiger charge is 2.41. The molecule has 4 aliphatic heterocycles. The quantitative estimate of drug-likeness (QED) is 0.796. The van der Waals surface area contributed by atoms with Gasteiger partial charge in [-0.15, -0.1) is 0 Å². The molecule has 18 heavy (non-hydrogen) atoms. The summed E-state index contributed by atoms with van der Waals surface area (Å²) in [5.41, 5.74) is 6.00. The van der Waals surface area contributed by atoms with Gasteiger partial charge in [-0.3, -0.25) is 4.90 Å². The van der Waals surface area contributed by atoms with Crippen molar-refractivity contribution in [3.05, 3.63) is 0 Å². The molecule has 4 heteroatoms. The van der Waals surface area contributed by atoms with Crippen LogP contribution >= 0.6 is 0 Å².